The van der Waals surface area contributed by atoms with Crippen molar-refractivity contribution in [3.63, 3.8) is 0 Å². The smallest absolute Gasteiger partial charge is 0.334 e. The molecule has 4 amide bonds. The second-order valence-corrected chi connectivity index (χ2v) is 8.87. The molecular weight excluding hydrogens is 462 g/mol. The first-order valence-corrected chi connectivity index (χ1v) is 11.6. The molecule has 2 aromatic carbocycles. The van der Waals surface area contributed by atoms with E-state index in [1.54, 1.807) is 37.3 Å². The first-order valence-electron chi connectivity index (χ1n) is 11.6. The third-order valence-electron chi connectivity index (χ3n) is 6.45. The lowest BCUT2D eigenvalue weighted by Gasteiger charge is -2.27. The van der Waals surface area contributed by atoms with Crippen molar-refractivity contribution < 1.29 is 28.7 Å². The number of benzene rings is 2. The summed E-state index contributed by atoms with van der Waals surface area (Å²) < 4.78 is 13.8. The molecule has 1 saturated heterocycles. The summed E-state index contributed by atoms with van der Waals surface area (Å²) in [6, 6.07) is 17.3. The molecule has 0 bridgehead atoms. The van der Waals surface area contributed by atoms with Gasteiger partial charge in [-0.1, -0.05) is 42.5 Å². The van der Waals surface area contributed by atoms with Crippen molar-refractivity contribution in [2.75, 3.05) is 13.2 Å². The number of aromatic nitrogens is 1. The van der Waals surface area contributed by atoms with E-state index in [4.69, 9.17) is 9.47 Å². The molecular formula is C27H25N3O6. The minimum atomic E-state index is -0.996. The summed E-state index contributed by atoms with van der Waals surface area (Å²) in [4.78, 5) is 52.6. The number of para-hydroxylation sites is 2. The van der Waals surface area contributed by atoms with Gasteiger partial charge in [-0.3, -0.25) is 19.3 Å². The number of hydrogen-bond donors (Lipinski definition) is 0. The minimum absolute atomic E-state index is 0.0317. The fraction of sp³-hybridized carbons (Fsp3) is 0.259. The molecule has 36 heavy (non-hydrogen) atoms. The summed E-state index contributed by atoms with van der Waals surface area (Å²) >= 11 is 0. The molecule has 0 saturated carbocycles. The van der Waals surface area contributed by atoms with Crippen molar-refractivity contribution in [3.8, 4) is 11.5 Å². The molecule has 0 spiro atoms. The summed E-state index contributed by atoms with van der Waals surface area (Å²) in [5, 5.41) is 0. The summed E-state index contributed by atoms with van der Waals surface area (Å²) in [5.41, 5.74) is 2.62. The van der Waals surface area contributed by atoms with Crippen LogP contribution in [0.5, 0.6) is 11.5 Å². The van der Waals surface area contributed by atoms with Crippen LogP contribution in [-0.4, -0.2) is 57.3 Å². The predicted octanol–water partition coefficient (Wildman–Crippen LogP) is 3.12. The Morgan fingerprint density at radius 2 is 1.58 bits per heavy atom. The molecule has 1 atom stereocenters. The number of hydrogen-bond acceptors (Lipinski definition) is 6. The fourth-order valence-corrected chi connectivity index (χ4v) is 4.55. The number of fused-ring (bicyclic) bond motifs is 1. The summed E-state index contributed by atoms with van der Waals surface area (Å²) in [5.74, 6) is -0.984. The Bertz CT molecular complexity index is 1360. The number of carbonyl (C=O) groups is 4. The molecule has 1 aromatic heterocycles. The Balaban J connectivity index is 1.29. The number of rotatable bonds is 7. The third-order valence-corrected chi connectivity index (χ3v) is 6.45. The Labute approximate surface area is 207 Å². The Morgan fingerprint density at radius 3 is 2.33 bits per heavy atom. The summed E-state index contributed by atoms with van der Waals surface area (Å²) in [6.45, 7) is 3.97. The van der Waals surface area contributed by atoms with E-state index in [2.05, 4.69) is 0 Å². The van der Waals surface area contributed by atoms with Gasteiger partial charge in [0.15, 0.2) is 23.4 Å². The number of amides is 4. The van der Waals surface area contributed by atoms with Gasteiger partial charge in [-0.2, -0.15) is 0 Å². The molecule has 184 valence electrons. The molecule has 0 radical (unpaired) electrons. The van der Waals surface area contributed by atoms with E-state index in [1.807, 2.05) is 41.8 Å². The number of carbonyl (C=O) groups excluding carboxylic acids is 4. The van der Waals surface area contributed by atoms with Gasteiger partial charge in [0, 0.05) is 17.0 Å². The highest BCUT2D eigenvalue weighted by Gasteiger charge is 2.45. The molecule has 0 aliphatic carbocycles. The first kappa shape index (κ1) is 23.3. The largest absolute Gasteiger partial charge is 0.486 e. The highest BCUT2D eigenvalue weighted by molar-refractivity contribution is 6.45. The lowest BCUT2D eigenvalue weighted by atomic mass is 10.1. The van der Waals surface area contributed by atoms with Crippen LogP contribution in [0.3, 0.4) is 0 Å². The second kappa shape index (κ2) is 9.33. The standard InChI is InChI=1S/C27H25N3O6/c1-17-12-21(18(2)28(17)14-20-16-35-23-10-6-7-11-24(23)36-20)22(31)15-30-26(33)25(32)29(27(30)34)13-19-8-4-3-5-9-19/h3-12,20H,13-16H2,1-2H3/t20-/m1/s1. The van der Waals surface area contributed by atoms with Gasteiger partial charge in [-0.05, 0) is 37.6 Å². The summed E-state index contributed by atoms with van der Waals surface area (Å²) in [7, 11) is 0. The van der Waals surface area contributed by atoms with Gasteiger partial charge in [0.25, 0.3) is 0 Å². The lowest BCUT2D eigenvalue weighted by Crippen LogP contribution is -2.37. The van der Waals surface area contributed by atoms with Crippen LogP contribution in [0.15, 0.2) is 60.7 Å². The van der Waals surface area contributed by atoms with Gasteiger partial charge in [0.05, 0.1) is 19.6 Å². The van der Waals surface area contributed by atoms with E-state index in [1.165, 1.54) is 0 Å². The van der Waals surface area contributed by atoms with Crippen LogP contribution in [0.25, 0.3) is 0 Å². The van der Waals surface area contributed by atoms with Crippen molar-refractivity contribution in [2.24, 2.45) is 0 Å². The average Bonchev–Trinajstić information content (AvgIpc) is 3.27. The van der Waals surface area contributed by atoms with Crippen LogP contribution < -0.4 is 9.47 Å². The van der Waals surface area contributed by atoms with Crippen LogP contribution in [0, 0.1) is 13.8 Å². The molecule has 1 fully saturated rings. The lowest BCUT2D eigenvalue weighted by molar-refractivity contribution is -0.143. The van der Waals surface area contributed by atoms with E-state index < -0.39 is 30.2 Å². The van der Waals surface area contributed by atoms with Gasteiger partial charge >= 0.3 is 17.8 Å². The topological polar surface area (TPSA) is 98.2 Å². The molecule has 2 aliphatic rings. The fourth-order valence-electron chi connectivity index (χ4n) is 4.55. The van der Waals surface area contributed by atoms with Gasteiger partial charge in [-0.25, -0.2) is 9.69 Å². The van der Waals surface area contributed by atoms with Crippen molar-refractivity contribution in [1.82, 2.24) is 14.4 Å². The Morgan fingerprint density at radius 1 is 0.917 bits per heavy atom. The van der Waals surface area contributed by atoms with Gasteiger partial charge in [0.1, 0.15) is 6.61 Å². The highest BCUT2D eigenvalue weighted by Crippen LogP contribution is 2.31. The normalized spacial score (nSPS) is 17.2. The maximum atomic E-state index is 13.2. The SMILES string of the molecule is Cc1cc(C(=O)CN2C(=O)C(=O)N(Cc3ccccc3)C2=O)c(C)n1C[C@@H]1COc2ccccc2O1. The molecule has 3 heterocycles. The van der Waals surface area contributed by atoms with E-state index in [9.17, 15) is 19.2 Å². The zero-order valence-electron chi connectivity index (χ0n) is 20.0. The number of Topliss-reactive ketones (excluding diaryl/α,β-unsaturated/α-hetero) is 1. The van der Waals surface area contributed by atoms with Crippen LogP contribution in [0.1, 0.15) is 27.3 Å². The number of ether oxygens (including phenoxy) is 2. The van der Waals surface area contributed by atoms with Gasteiger partial charge in [0.2, 0.25) is 0 Å². The van der Waals surface area contributed by atoms with Gasteiger partial charge < -0.3 is 14.0 Å². The van der Waals surface area contributed by atoms with Crippen molar-refractivity contribution in [3.05, 3.63) is 83.2 Å². The molecule has 0 unspecified atom stereocenters. The highest BCUT2D eigenvalue weighted by atomic mass is 16.6. The van der Waals surface area contributed by atoms with E-state index in [-0.39, 0.29) is 12.6 Å². The van der Waals surface area contributed by atoms with Crippen LogP contribution in [0.2, 0.25) is 0 Å². The number of imide groups is 2. The van der Waals surface area contributed by atoms with E-state index >= 15 is 0 Å². The molecule has 0 N–H and O–H groups in total. The third kappa shape index (κ3) is 4.24. The molecule has 9 heteroatoms. The minimum Gasteiger partial charge on any atom is -0.486 e. The van der Waals surface area contributed by atoms with E-state index in [0.717, 1.165) is 15.5 Å². The second-order valence-electron chi connectivity index (χ2n) is 8.87. The Kier molecular flexibility index (Phi) is 6.05. The number of ketones is 1. The van der Waals surface area contributed by atoms with Crippen LogP contribution in [-0.2, 0) is 22.7 Å². The average molecular weight is 488 g/mol. The zero-order chi connectivity index (χ0) is 25.4. The maximum absolute atomic E-state index is 13.2. The van der Waals surface area contributed by atoms with Crippen molar-refractivity contribution in [1.29, 1.82) is 0 Å². The predicted molar refractivity (Wildman–Crippen MR) is 129 cm³/mol. The van der Waals surface area contributed by atoms with Crippen molar-refractivity contribution in [2.45, 2.75) is 33.0 Å². The molecule has 3 aromatic rings. The first-order chi connectivity index (χ1) is 17.3. The monoisotopic (exact) mass is 487 g/mol. The number of nitrogens with zero attached hydrogens (tertiary/aromatic N) is 3. The Hall–Kier alpha value is -4.40. The zero-order valence-corrected chi connectivity index (χ0v) is 20.0. The van der Waals surface area contributed by atoms with Crippen molar-refractivity contribution >= 4 is 23.6 Å². The van der Waals surface area contributed by atoms with Crippen LogP contribution >= 0.6 is 0 Å². The number of urea groups is 1. The quantitative estimate of drug-likeness (QED) is 0.289. The maximum Gasteiger partial charge on any atom is 0.334 e. The molecule has 9 nitrogen and oxygen atoms in total. The van der Waals surface area contributed by atoms with Crippen LogP contribution in [0.4, 0.5) is 4.79 Å². The molecule has 5 rings (SSSR count). The van der Waals surface area contributed by atoms with Gasteiger partial charge in [-0.15, -0.1) is 0 Å². The van der Waals surface area contributed by atoms with E-state index in [0.29, 0.717) is 41.5 Å². The summed E-state index contributed by atoms with van der Waals surface area (Å²) in [6.07, 6.45) is -0.251. The number of aryl methyl sites for hydroxylation is 1. The molecule has 2 aliphatic heterocycles.